The van der Waals surface area contributed by atoms with E-state index in [2.05, 4.69) is 4.98 Å². The molecule has 2 aromatic heterocycles. The van der Waals surface area contributed by atoms with Crippen molar-refractivity contribution in [2.45, 2.75) is 19.0 Å². The van der Waals surface area contributed by atoms with E-state index in [0.717, 1.165) is 22.2 Å². The van der Waals surface area contributed by atoms with E-state index in [1.165, 1.54) is 6.92 Å². The summed E-state index contributed by atoms with van der Waals surface area (Å²) in [5.74, 6) is -1.47. The average Bonchev–Trinajstić information content (AvgIpc) is 2.69. The maximum atomic E-state index is 12.2. The summed E-state index contributed by atoms with van der Waals surface area (Å²) in [7, 11) is 0. The van der Waals surface area contributed by atoms with Gasteiger partial charge in [-0.25, -0.2) is 9.78 Å². The van der Waals surface area contributed by atoms with Gasteiger partial charge < -0.3 is 5.11 Å². The van der Waals surface area contributed by atoms with Crippen molar-refractivity contribution in [2.24, 2.45) is 0 Å². The van der Waals surface area contributed by atoms with Crippen LogP contribution in [0.2, 0.25) is 0 Å². The fourth-order valence-corrected chi connectivity index (χ4v) is 3.28. The van der Waals surface area contributed by atoms with Gasteiger partial charge in [-0.05, 0) is 24.2 Å². The minimum Gasteiger partial charge on any atom is -0.477 e. The van der Waals surface area contributed by atoms with E-state index in [-0.39, 0.29) is 44.7 Å². The molecule has 0 radical (unpaired) electrons. The zero-order valence-corrected chi connectivity index (χ0v) is 12.2. The molecule has 21 heavy (non-hydrogen) atoms. The fourth-order valence-electron chi connectivity index (χ4n) is 1.78. The van der Waals surface area contributed by atoms with Gasteiger partial charge in [0.25, 0.3) is 5.56 Å². The fraction of sp³-hybridized carbons (Fsp3) is 0.364. The molecule has 0 aromatic carbocycles. The van der Waals surface area contributed by atoms with Crippen LogP contribution in [0.15, 0.2) is 11.1 Å². The molecular formula is C11H9F3N2O3S2. The topological polar surface area (TPSA) is 72.2 Å². The lowest BCUT2D eigenvalue weighted by Crippen LogP contribution is -2.22. The van der Waals surface area contributed by atoms with E-state index in [0.29, 0.717) is 0 Å². The van der Waals surface area contributed by atoms with Crippen LogP contribution >= 0.6 is 23.1 Å². The van der Waals surface area contributed by atoms with Gasteiger partial charge in [-0.3, -0.25) is 9.36 Å². The molecule has 0 amide bonds. The number of carboxylic acids is 1. The molecule has 2 heterocycles. The quantitative estimate of drug-likeness (QED) is 0.928. The van der Waals surface area contributed by atoms with Crippen LogP contribution in [-0.2, 0) is 6.54 Å². The number of aromatic carboxylic acids is 1. The molecule has 5 nitrogen and oxygen atoms in total. The number of alkyl halides is 3. The smallest absolute Gasteiger partial charge is 0.441 e. The highest BCUT2D eigenvalue weighted by atomic mass is 32.2. The van der Waals surface area contributed by atoms with Crippen molar-refractivity contribution in [2.75, 3.05) is 5.75 Å². The number of fused-ring (bicyclic) bond motifs is 1. The Bertz CT molecular complexity index is 751. The lowest BCUT2D eigenvalue weighted by molar-refractivity contribution is -0.0328. The standard InChI is InChI=1S/C11H9F3N2O3S2/c1-5-6-8(21-7(5)10(18)19)15-4-16(9(6)17)2-3-20-11(12,13)14/h4H,2-3H2,1H3,(H,18,19). The largest absolute Gasteiger partial charge is 0.477 e. The summed E-state index contributed by atoms with van der Waals surface area (Å²) < 4.78 is 37.3. The van der Waals surface area contributed by atoms with Crippen LogP contribution in [-0.4, -0.2) is 31.9 Å². The first-order valence-corrected chi connectivity index (χ1v) is 7.43. The van der Waals surface area contributed by atoms with Gasteiger partial charge in [0, 0.05) is 12.3 Å². The Labute approximate surface area is 124 Å². The van der Waals surface area contributed by atoms with E-state index in [9.17, 15) is 22.8 Å². The number of aromatic nitrogens is 2. The van der Waals surface area contributed by atoms with Crippen molar-refractivity contribution < 1.29 is 23.1 Å². The van der Waals surface area contributed by atoms with Crippen LogP contribution in [0.5, 0.6) is 0 Å². The number of nitrogens with zero attached hydrogens (tertiary/aromatic N) is 2. The van der Waals surface area contributed by atoms with Gasteiger partial charge in [-0.15, -0.1) is 11.3 Å². The van der Waals surface area contributed by atoms with E-state index in [1.807, 2.05) is 0 Å². The van der Waals surface area contributed by atoms with Crippen molar-refractivity contribution in [1.29, 1.82) is 0 Å². The molecule has 0 spiro atoms. The number of aryl methyl sites for hydroxylation is 2. The minimum atomic E-state index is -4.35. The Kier molecular flexibility index (Phi) is 4.28. The predicted octanol–water partition coefficient (Wildman–Crippen LogP) is 2.72. The summed E-state index contributed by atoms with van der Waals surface area (Å²) in [5.41, 5.74) is -4.59. The van der Waals surface area contributed by atoms with Crippen molar-refractivity contribution in [3.63, 3.8) is 0 Å². The number of thioether (sulfide) groups is 1. The Hall–Kier alpha value is -1.55. The van der Waals surface area contributed by atoms with Crippen LogP contribution in [0.1, 0.15) is 15.2 Å². The first kappa shape index (κ1) is 15.8. The summed E-state index contributed by atoms with van der Waals surface area (Å²) >= 11 is 0.652. The molecular weight excluding hydrogens is 329 g/mol. The maximum Gasteiger partial charge on any atom is 0.441 e. The second-order valence-electron chi connectivity index (χ2n) is 4.08. The van der Waals surface area contributed by atoms with Gasteiger partial charge in [0.2, 0.25) is 0 Å². The van der Waals surface area contributed by atoms with Gasteiger partial charge in [0.1, 0.15) is 9.71 Å². The number of halogens is 3. The van der Waals surface area contributed by atoms with Crippen molar-refractivity contribution in [1.82, 2.24) is 9.55 Å². The number of carbonyl (C=O) groups is 1. The molecule has 0 aliphatic heterocycles. The van der Waals surface area contributed by atoms with Crippen LogP contribution < -0.4 is 5.56 Å². The minimum absolute atomic E-state index is 0.0111. The SMILES string of the molecule is Cc1c(C(=O)O)sc2ncn(CCSC(F)(F)F)c(=O)c12. The molecule has 0 atom stereocenters. The van der Waals surface area contributed by atoms with Gasteiger partial charge in [-0.2, -0.15) is 13.2 Å². The van der Waals surface area contributed by atoms with Gasteiger partial charge in [0.05, 0.1) is 11.7 Å². The molecule has 0 unspecified atom stereocenters. The normalized spacial score (nSPS) is 12.0. The van der Waals surface area contributed by atoms with Crippen molar-refractivity contribution in [3.05, 3.63) is 27.1 Å². The third-order valence-electron chi connectivity index (χ3n) is 2.71. The van der Waals surface area contributed by atoms with Crippen LogP contribution in [0.3, 0.4) is 0 Å². The molecule has 0 aliphatic rings. The molecule has 0 saturated carbocycles. The molecule has 0 fully saturated rings. The first-order valence-electron chi connectivity index (χ1n) is 5.63. The number of carboxylic acid groups (broad SMARTS) is 1. The Balaban J connectivity index is 2.36. The molecule has 1 N–H and O–H groups in total. The number of rotatable bonds is 4. The Morgan fingerprint density at radius 1 is 1.52 bits per heavy atom. The first-order chi connectivity index (χ1) is 9.70. The lowest BCUT2D eigenvalue weighted by Gasteiger charge is -2.07. The zero-order chi connectivity index (χ0) is 15.8. The highest BCUT2D eigenvalue weighted by Crippen LogP contribution is 2.30. The lowest BCUT2D eigenvalue weighted by atomic mass is 10.2. The number of hydrogen-bond acceptors (Lipinski definition) is 5. The molecule has 0 aliphatic carbocycles. The molecule has 2 rings (SSSR count). The zero-order valence-electron chi connectivity index (χ0n) is 10.6. The second-order valence-corrected chi connectivity index (χ2v) is 6.24. The highest BCUT2D eigenvalue weighted by molar-refractivity contribution is 8.00. The predicted molar refractivity (Wildman–Crippen MR) is 74.1 cm³/mol. The summed E-state index contributed by atoms with van der Waals surface area (Å²) in [4.78, 5) is 27.4. The summed E-state index contributed by atoms with van der Waals surface area (Å²) in [6.07, 6.45) is 1.14. The summed E-state index contributed by atoms with van der Waals surface area (Å²) in [6.45, 7) is 1.34. The van der Waals surface area contributed by atoms with Gasteiger partial charge in [-0.1, -0.05) is 0 Å². The van der Waals surface area contributed by atoms with E-state index < -0.39 is 17.0 Å². The van der Waals surface area contributed by atoms with E-state index in [4.69, 9.17) is 5.11 Å². The second kappa shape index (κ2) is 5.68. The molecule has 114 valence electrons. The van der Waals surface area contributed by atoms with Crippen LogP contribution in [0.4, 0.5) is 13.2 Å². The average molecular weight is 338 g/mol. The monoisotopic (exact) mass is 338 g/mol. The number of thiophene rings is 1. The summed E-state index contributed by atoms with van der Waals surface area (Å²) in [6, 6.07) is 0. The van der Waals surface area contributed by atoms with E-state index in [1.54, 1.807) is 0 Å². The summed E-state index contributed by atoms with van der Waals surface area (Å²) in [5, 5.41) is 9.15. The number of hydrogen-bond donors (Lipinski definition) is 1. The molecule has 0 saturated heterocycles. The Morgan fingerprint density at radius 3 is 2.76 bits per heavy atom. The third-order valence-corrected chi connectivity index (χ3v) is 4.61. The van der Waals surface area contributed by atoms with Crippen molar-refractivity contribution in [3.8, 4) is 0 Å². The van der Waals surface area contributed by atoms with Gasteiger partial charge >= 0.3 is 11.5 Å². The Morgan fingerprint density at radius 2 is 2.19 bits per heavy atom. The van der Waals surface area contributed by atoms with Crippen LogP contribution in [0.25, 0.3) is 10.2 Å². The molecule has 0 bridgehead atoms. The third kappa shape index (κ3) is 3.38. The van der Waals surface area contributed by atoms with E-state index >= 15 is 0 Å². The highest BCUT2D eigenvalue weighted by Gasteiger charge is 2.27. The van der Waals surface area contributed by atoms with Crippen molar-refractivity contribution >= 4 is 39.3 Å². The maximum absolute atomic E-state index is 12.2. The molecule has 2 aromatic rings. The van der Waals surface area contributed by atoms with Gasteiger partial charge in [0.15, 0.2) is 0 Å². The molecule has 10 heteroatoms. The van der Waals surface area contributed by atoms with Crippen LogP contribution in [0, 0.1) is 6.92 Å².